The van der Waals surface area contributed by atoms with E-state index in [2.05, 4.69) is 30.8 Å². The number of piperazine rings is 1. The standard InChI is InChI=1S/C18H26N4O2/c1-4-15-12-20(10-11-22(15)14(2)3)18(23)17-7-6-16(24-17)13-21-9-5-8-19-21/h5-9,14-15H,4,10-13H2,1-3H3. The highest BCUT2D eigenvalue weighted by atomic mass is 16.4. The fourth-order valence-electron chi connectivity index (χ4n) is 3.38. The van der Waals surface area contributed by atoms with E-state index < -0.39 is 0 Å². The molecule has 1 aliphatic rings. The lowest BCUT2D eigenvalue weighted by molar-refractivity contribution is 0.0348. The Morgan fingerprint density at radius 3 is 2.88 bits per heavy atom. The van der Waals surface area contributed by atoms with Crippen molar-refractivity contribution in [3.63, 3.8) is 0 Å². The molecule has 1 amide bonds. The summed E-state index contributed by atoms with van der Waals surface area (Å²) in [5.74, 6) is 1.16. The lowest BCUT2D eigenvalue weighted by atomic mass is 10.1. The zero-order chi connectivity index (χ0) is 17.1. The molecular weight excluding hydrogens is 304 g/mol. The second kappa shape index (κ2) is 7.21. The fraction of sp³-hybridized carbons (Fsp3) is 0.556. The molecule has 2 aromatic rings. The Hall–Kier alpha value is -2.08. The van der Waals surface area contributed by atoms with Gasteiger partial charge in [-0.15, -0.1) is 0 Å². The first-order valence-corrected chi connectivity index (χ1v) is 8.69. The number of hydrogen-bond acceptors (Lipinski definition) is 4. The predicted octanol–water partition coefficient (Wildman–Crippen LogP) is 2.47. The molecule has 1 aliphatic heterocycles. The van der Waals surface area contributed by atoms with Crippen LogP contribution in [0.3, 0.4) is 0 Å². The van der Waals surface area contributed by atoms with Crippen molar-refractivity contribution < 1.29 is 9.21 Å². The van der Waals surface area contributed by atoms with Crippen LogP contribution < -0.4 is 0 Å². The molecule has 0 saturated carbocycles. The number of carbonyl (C=O) groups excluding carboxylic acids is 1. The van der Waals surface area contributed by atoms with E-state index in [4.69, 9.17) is 4.42 Å². The highest BCUT2D eigenvalue weighted by Gasteiger charge is 2.31. The molecule has 0 aliphatic carbocycles. The summed E-state index contributed by atoms with van der Waals surface area (Å²) in [6.07, 6.45) is 4.65. The Bertz CT molecular complexity index is 662. The van der Waals surface area contributed by atoms with Crippen molar-refractivity contribution in [1.29, 1.82) is 0 Å². The van der Waals surface area contributed by atoms with Crippen LogP contribution in [-0.2, 0) is 6.54 Å². The molecule has 1 saturated heterocycles. The van der Waals surface area contributed by atoms with Crippen molar-refractivity contribution in [2.75, 3.05) is 19.6 Å². The summed E-state index contributed by atoms with van der Waals surface area (Å²) in [7, 11) is 0. The van der Waals surface area contributed by atoms with Crippen LogP contribution in [0.25, 0.3) is 0 Å². The summed E-state index contributed by atoms with van der Waals surface area (Å²) in [5, 5.41) is 4.16. The molecule has 0 radical (unpaired) electrons. The molecule has 24 heavy (non-hydrogen) atoms. The maximum atomic E-state index is 12.7. The van der Waals surface area contributed by atoms with Gasteiger partial charge in [0.25, 0.3) is 5.91 Å². The minimum Gasteiger partial charge on any atom is -0.454 e. The SMILES string of the molecule is CCC1CN(C(=O)c2ccc(Cn3cccn3)o2)CCN1C(C)C. The molecule has 0 bridgehead atoms. The molecule has 130 valence electrons. The van der Waals surface area contributed by atoms with Gasteiger partial charge in [-0.2, -0.15) is 5.10 Å². The average Bonchev–Trinajstić information content (AvgIpc) is 3.26. The minimum absolute atomic E-state index is 0.0106. The second-order valence-electron chi connectivity index (χ2n) is 6.61. The third-order valence-corrected chi connectivity index (χ3v) is 4.70. The number of carbonyl (C=O) groups is 1. The Kier molecular flexibility index (Phi) is 5.04. The van der Waals surface area contributed by atoms with Crippen LogP contribution in [-0.4, -0.2) is 57.2 Å². The van der Waals surface area contributed by atoms with E-state index in [1.165, 1.54) is 0 Å². The molecule has 0 N–H and O–H groups in total. The summed E-state index contributed by atoms with van der Waals surface area (Å²) >= 11 is 0. The van der Waals surface area contributed by atoms with Crippen LogP contribution in [0.4, 0.5) is 0 Å². The van der Waals surface area contributed by atoms with Crippen LogP contribution in [0, 0.1) is 0 Å². The van der Waals surface area contributed by atoms with Crippen molar-refractivity contribution in [2.24, 2.45) is 0 Å². The van der Waals surface area contributed by atoms with Crippen molar-refractivity contribution in [2.45, 2.75) is 45.8 Å². The van der Waals surface area contributed by atoms with Crippen LogP contribution in [0.15, 0.2) is 35.0 Å². The highest BCUT2D eigenvalue weighted by molar-refractivity contribution is 5.91. The second-order valence-corrected chi connectivity index (χ2v) is 6.61. The van der Waals surface area contributed by atoms with Crippen LogP contribution in [0.1, 0.15) is 43.5 Å². The summed E-state index contributed by atoms with van der Waals surface area (Å²) in [6, 6.07) is 6.43. The molecule has 0 spiro atoms. The van der Waals surface area contributed by atoms with Crippen LogP contribution >= 0.6 is 0 Å². The molecule has 0 aromatic carbocycles. The van der Waals surface area contributed by atoms with Gasteiger partial charge in [0.1, 0.15) is 5.76 Å². The third kappa shape index (κ3) is 3.53. The van der Waals surface area contributed by atoms with Crippen LogP contribution in [0.5, 0.6) is 0 Å². The van der Waals surface area contributed by atoms with Gasteiger partial charge >= 0.3 is 0 Å². The summed E-state index contributed by atoms with van der Waals surface area (Å²) < 4.78 is 7.53. The van der Waals surface area contributed by atoms with E-state index in [0.717, 1.165) is 31.8 Å². The van der Waals surface area contributed by atoms with Gasteiger partial charge in [0.05, 0.1) is 6.54 Å². The molecular formula is C18H26N4O2. The molecule has 6 heteroatoms. The normalized spacial score (nSPS) is 19.2. The van der Waals surface area contributed by atoms with Gasteiger partial charge in [0.2, 0.25) is 0 Å². The topological polar surface area (TPSA) is 54.5 Å². The lowest BCUT2D eigenvalue weighted by Gasteiger charge is -2.43. The molecule has 6 nitrogen and oxygen atoms in total. The zero-order valence-corrected chi connectivity index (χ0v) is 14.7. The highest BCUT2D eigenvalue weighted by Crippen LogP contribution is 2.19. The Labute approximate surface area is 143 Å². The van der Waals surface area contributed by atoms with Gasteiger partial charge in [-0.1, -0.05) is 6.92 Å². The van der Waals surface area contributed by atoms with E-state index >= 15 is 0 Å². The zero-order valence-electron chi connectivity index (χ0n) is 14.7. The molecule has 3 rings (SSSR count). The molecule has 3 heterocycles. The minimum atomic E-state index is -0.0106. The van der Waals surface area contributed by atoms with Crippen molar-refractivity contribution in [3.8, 4) is 0 Å². The molecule has 1 atom stereocenters. The maximum Gasteiger partial charge on any atom is 0.289 e. The number of hydrogen-bond donors (Lipinski definition) is 0. The molecule has 1 fully saturated rings. The fourth-order valence-corrected chi connectivity index (χ4v) is 3.38. The number of rotatable bonds is 5. The lowest BCUT2D eigenvalue weighted by Crippen LogP contribution is -2.56. The average molecular weight is 330 g/mol. The summed E-state index contributed by atoms with van der Waals surface area (Å²) in [4.78, 5) is 17.1. The first-order valence-electron chi connectivity index (χ1n) is 8.69. The number of aromatic nitrogens is 2. The summed E-state index contributed by atoms with van der Waals surface area (Å²) in [5.41, 5.74) is 0. The van der Waals surface area contributed by atoms with E-state index in [0.29, 0.717) is 24.4 Å². The van der Waals surface area contributed by atoms with E-state index in [1.54, 1.807) is 16.9 Å². The van der Waals surface area contributed by atoms with Gasteiger partial charge < -0.3 is 9.32 Å². The molecule has 1 unspecified atom stereocenters. The van der Waals surface area contributed by atoms with Gasteiger partial charge in [-0.05, 0) is 38.5 Å². The smallest absolute Gasteiger partial charge is 0.289 e. The van der Waals surface area contributed by atoms with Gasteiger partial charge in [-0.25, -0.2) is 0 Å². The Morgan fingerprint density at radius 1 is 1.38 bits per heavy atom. The largest absolute Gasteiger partial charge is 0.454 e. The van der Waals surface area contributed by atoms with Gasteiger partial charge in [0, 0.05) is 44.1 Å². The Morgan fingerprint density at radius 2 is 2.21 bits per heavy atom. The monoisotopic (exact) mass is 330 g/mol. The first kappa shape index (κ1) is 16.8. The first-order chi connectivity index (χ1) is 11.6. The maximum absolute atomic E-state index is 12.7. The number of furan rings is 1. The van der Waals surface area contributed by atoms with E-state index in [1.807, 2.05) is 23.2 Å². The van der Waals surface area contributed by atoms with Crippen molar-refractivity contribution in [1.82, 2.24) is 19.6 Å². The van der Waals surface area contributed by atoms with Crippen molar-refractivity contribution >= 4 is 5.91 Å². The Balaban J connectivity index is 1.65. The number of amides is 1. The van der Waals surface area contributed by atoms with Crippen molar-refractivity contribution in [3.05, 3.63) is 42.1 Å². The summed E-state index contributed by atoms with van der Waals surface area (Å²) in [6.45, 7) is 9.60. The van der Waals surface area contributed by atoms with Gasteiger partial charge in [0.15, 0.2) is 5.76 Å². The quantitative estimate of drug-likeness (QED) is 0.845. The predicted molar refractivity (Wildman–Crippen MR) is 91.9 cm³/mol. The van der Waals surface area contributed by atoms with Crippen LogP contribution in [0.2, 0.25) is 0 Å². The van der Waals surface area contributed by atoms with E-state index in [9.17, 15) is 4.79 Å². The van der Waals surface area contributed by atoms with Gasteiger partial charge in [-0.3, -0.25) is 14.4 Å². The van der Waals surface area contributed by atoms with E-state index in [-0.39, 0.29) is 5.91 Å². The third-order valence-electron chi connectivity index (χ3n) is 4.70. The number of nitrogens with zero attached hydrogens (tertiary/aromatic N) is 4. The molecule has 2 aromatic heterocycles.